The Morgan fingerprint density at radius 1 is 0.714 bits per heavy atom. The quantitative estimate of drug-likeness (QED) is 0.375. The van der Waals surface area contributed by atoms with Crippen LogP contribution < -0.4 is 10.6 Å². The van der Waals surface area contributed by atoms with Gasteiger partial charge >= 0.3 is 0 Å². The fourth-order valence-electron chi connectivity index (χ4n) is 2.58. The molecule has 150 valence electrons. The fourth-order valence-corrected chi connectivity index (χ4v) is 3.30. The Balaban J connectivity index is 1.59. The third-order valence-electron chi connectivity index (χ3n) is 4.08. The van der Waals surface area contributed by atoms with E-state index in [1.165, 1.54) is 12.1 Å². The van der Waals surface area contributed by atoms with Gasteiger partial charge in [-0.2, -0.15) is 0 Å². The van der Waals surface area contributed by atoms with Crippen LogP contribution in [0.2, 0.25) is 0 Å². The lowest BCUT2D eigenvalue weighted by Gasteiger charge is -2.08. The Kier molecular flexibility index (Phi) is 8.79. The fraction of sp³-hybridized carbons (Fsp3) is 0.300. The Hall–Kier alpha value is -2.06. The van der Waals surface area contributed by atoms with Crippen LogP contribution in [0.3, 0.4) is 0 Å². The highest BCUT2D eigenvalue weighted by Crippen LogP contribution is 2.22. The second kappa shape index (κ2) is 11.1. The van der Waals surface area contributed by atoms with Crippen molar-refractivity contribution >= 4 is 43.7 Å². The molecule has 0 aliphatic carbocycles. The first kappa shape index (κ1) is 22.2. The van der Waals surface area contributed by atoms with Crippen LogP contribution in [0.1, 0.15) is 46.4 Å². The van der Waals surface area contributed by atoms with Gasteiger partial charge in [-0.3, -0.25) is 9.59 Å². The van der Waals surface area contributed by atoms with Gasteiger partial charge in [0.25, 0.3) is 11.8 Å². The summed E-state index contributed by atoms with van der Waals surface area (Å²) in [7, 11) is 0. The summed E-state index contributed by atoms with van der Waals surface area (Å²) in [5.74, 6) is -0.708. The predicted molar refractivity (Wildman–Crippen MR) is 115 cm³/mol. The van der Waals surface area contributed by atoms with Crippen molar-refractivity contribution in [2.45, 2.75) is 25.7 Å². The second-order valence-electron chi connectivity index (χ2n) is 6.25. The van der Waals surface area contributed by atoms with Gasteiger partial charge in [0.15, 0.2) is 0 Å². The number of aromatic hydroxyl groups is 2. The van der Waals surface area contributed by atoms with E-state index in [0.717, 1.165) is 34.6 Å². The summed E-state index contributed by atoms with van der Waals surface area (Å²) in [6, 6.07) is 9.45. The van der Waals surface area contributed by atoms with Gasteiger partial charge in [-0.1, -0.05) is 44.7 Å². The number of phenols is 2. The van der Waals surface area contributed by atoms with E-state index in [2.05, 4.69) is 42.5 Å². The van der Waals surface area contributed by atoms with Crippen LogP contribution in [0.4, 0.5) is 0 Å². The number of nitrogens with one attached hydrogen (secondary N) is 2. The summed E-state index contributed by atoms with van der Waals surface area (Å²) >= 11 is 6.55. The maximum atomic E-state index is 12.1. The van der Waals surface area contributed by atoms with Crippen LogP contribution in [0.15, 0.2) is 45.3 Å². The van der Waals surface area contributed by atoms with Crippen molar-refractivity contribution in [3.8, 4) is 11.5 Å². The van der Waals surface area contributed by atoms with Gasteiger partial charge in [0.05, 0.1) is 11.1 Å². The summed E-state index contributed by atoms with van der Waals surface area (Å²) in [5, 5.41) is 25.0. The van der Waals surface area contributed by atoms with Gasteiger partial charge in [-0.15, -0.1) is 0 Å². The molecular weight excluding hydrogens is 492 g/mol. The highest BCUT2D eigenvalue weighted by atomic mass is 79.9. The molecule has 0 heterocycles. The number of hydrogen-bond donors (Lipinski definition) is 4. The number of carbonyl (C=O) groups is 2. The average molecular weight is 514 g/mol. The number of benzene rings is 2. The molecule has 2 amide bonds. The third kappa shape index (κ3) is 6.83. The van der Waals surface area contributed by atoms with E-state index in [9.17, 15) is 19.8 Å². The van der Waals surface area contributed by atoms with E-state index in [1.807, 2.05) is 0 Å². The Bertz CT molecular complexity index is 773. The van der Waals surface area contributed by atoms with Crippen molar-refractivity contribution in [2.75, 3.05) is 13.1 Å². The number of rotatable bonds is 9. The second-order valence-corrected chi connectivity index (χ2v) is 8.08. The van der Waals surface area contributed by atoms with Crippen LogP contribution in [-0.4, -0.2) is 35.1 Å². The first-order chi connectivity index (χ1) is 13.4. The molecule has 0 spiro atoms. The minimum atomic E-state index is -0.306. The molecule has 2 aromatic carbocycles. The standard InChI is InChI=1S/C20H22Br2N2O4/c21-13-5-7-17(25)15(11-13)19(27)23-9-3-1-2-4-10-24-20(28)16-12-14(22)6-8-18(16)26/h5-8,11-12,25-26H,1-4,9-10H2,(H,23,27)(H,24,28). The maximum absolute atomic E-state index is 12.1. The van der Waals surface area contributed by atoms with Crippen molar-refractivity contribution in [1.82, 2.24) is 10.6 Å². The topological polar surface area (TPSA) is 98.7 Å². The van der Waals surface area contributed by atoms with Gasteiger partial charge in [-0.05, 0) is 49.2 Å². The third-order valence-corrected chi connectivity index (χ3v) is 5.07. The van der Waals surface area contributed by atoms with E-state index < -0.39 is 0 Å². The highest BCUT2D eigenvalue weighted by molar-refractivity contribution is 9.10. The summed E-state index contributed by atoms with van der Waals surface area (Å²) < 4.78 is 1.46. The lowest BCUT2D eigenvalue weighted by Crippen LogP contribution is -2.25. The molecule has 0 saturated carbocycles. The van der Waals surface area contributed by atoms with Crippen molar-refractivity contribution in [3.63, 3.8) is 0 Å². The van der Waals surface area contributed by atoms with Crippen LogP contribution in [0.5, 0.6) is 11.5 Å². The lowest BCUT2D eigenvalue weighted by atomic mass is 10.1. The summed E-state index contributed by atoms with van der Waals surface area (Å²) in [4.78, 5) is 24.1. The van der Waals surface area contributed by atoms with Gasteiger partial charge in [0, 0.05) is 22.0 Å². The smallest absolute Gasteiger partial charge is 0.255 e. The number of unbranched alkanes of at least 4 members (excludes halogenated alkanes) is 3. The van der Waals surface area contributed by atoms with E-state index in [4.69, 9.17) is 0 Å². The minimum absolute atomic E-state index is 0.0482. The highest BCUT2D eigenvalue weighted by Gasteiger charge is 2.12. The average Bonchev–Trinajstić information content (AvgIpc) is 2.67. The van der Waals surface area contributed by atoms with Gasteiger partial charge < -0.3 is 20.8 Å². The molecule has 0 atom stereocenters. The number of amides is 2. The van der Waals surface area contributed by atoms with Gasteiger partial charge in [0.1, 0.15) is 11.5 Å². The molecule has 0 fully saturated rings. The van der Waals surface area contributed by atoms with E-state index in [0.29, 0.717) is 13.1 Å². The molecule has 8 heteroatoms. The molecule has 0 aliphatic heterocycles. The molecule has 0 saturated heterocycles. The SMILES string of the molecule is O=C(NCCCCCCNC(=O)c1cc(Br)ccc1O)c1cc(Br)ccc1O. The molecule has 0 bridgehead atoms. The molecule has 0 radical (unpaired) electrons. The Morgan fingerprint density at radius 2 is 1.11 bits per heavy atom. The van der Waals surface area contributed by atoms with Gasteiger partial charge in [-0.25, -0.2) is 0 Å². The number of phenolic OH excluding ortho intramolecular Hbond substituents is 2. The zero-order valence-corrected chi connectivity index (χ0v) is 18.3. The molecule has 6 nitrogen and oxygen atoms in total. The first-order valence-corrected chi connectivity index (χ1v) is 10.5. The van der Waals surface area contributed by atoms with Gasteiger partial charge in [0.2, 0.25) is 0 Å². The summed E-state index contributed by atoms with van der Waals surface area (Å²) in [6.07, 6.45) is 3.42. The van der Waals surface area contributed by atoms with Crippen LogP contribution in [-0.2, 0) is 0 Å². The monoisotopic (exact) mass is 512 g/mol. The molecule has 0 unspecified atom stereocenters. The summed E-state index contributed by atoms with van der Waals surface area (Å²) in [5.41, 5.74) is 0.487. The summed E-state index contributed by atoms with van der Waals surface area (Å²) in [6.45, 7) is 1.03. The largest absolute Gasteiger partial charge is 0.507 e. The molecule has 2 rings (SSSR count). The Morgan fingerprint density at radius 3 is 1.50 bits per heavy atom. The van der Waals surface area contributed by atoms with Crippen LogP contribution >= 0.6 is 31.9 Å². The van der Waals surface area contributed by atoms with Crippen LogP contribution in [0, 0.1) is 0 Å². The number of carbonyl (C=O) groups excluding carboxylic acids is 2. The minimum Gasteiger partial charge on any atom is -0.507 e. The molecule has 28 heavy (non-hydrogen) atoms. The van der Waals surface area contributed by atoms with Crippen molar-refractivity contribution < 1.29 is 19.8 Å². The first-order valence-electron chi connectivity index (χ1n) is 8.92. The zero-order chi connectivity index (χ0) is 20.5. The van der Waals surface area contributed by atoms with Crippen molar-refractivity contribution in [1.29, 1.82) is 0 Å². The van der Waals surface area contributed by atoms with Crippen molar-refractivity contribution in [2.24, 2.45) is 0 Å². The Labute approximate surface area is 180 Å². The molecule has 0 aliphatic rings. The zero-order valence-electron chi connectivity index (χ0n) is 15.2. The van der Waals surface area contributed by atoms with E-state index in [1.54, 1.807) is 24.3 Å². The molecule has 4 N–H and O–H groups in total. The number of halogens is 2. The molecule has 0 aromatic heterocycles. The predicted octanol–water partition coefficient (Wildman–Crippen LogP) is 4.34. The molecule has 2 aromatic rings. The van der Waals surface area contributed by atoms with E-state index in [-0.39, 0.29) is 34.4 Å². The normalized spacial score (nSPS) is 10.5. The van der Waals surface area contributed by atoms with Crippen LogP contribution in [0.25, 0.3) is 0 Å². The maximum Gasteiger partial charge on any atom is 0.255 e. The van der Waals surface area contributed by atoms with Crippen molar-refractivity contribution in [3.05, 3.63) is 56.5 Å². The molecular formula is C20H22Br2N2O4. The van der Waals surface area contributed by atoms with E-state index >= 15 is 0 Å². The lowest BCUT2D eigenvalue weighted by molar-refractivity contribution is 0.0940. The number of hydrogen-bond acceptors (Lipinski definition) is 4.